The summed E-state index contributed by atoms with van der Waals surface area (Å²) >= 11 is 0. The van der Waals surface area contributed by atoms with Gasteiger partial charge >= 0.3 is 23.9 Å². The van der Waals surface area contributed by atoms with Crippen molar-refractivity contribution in [1.29, 1.82) is 0 Å². The van der Waals surface area contributed by atoms with Crippen molar-refractivity contribution in [2.75, 3.05) is 13.2 Å². The van der Waals surface area contributed by atoms with E-state index in [-0.39, 0.29) is 25.7 Å². The fourth-order valence-corrected chi connectivity index (χ4v) is 5.45. The van der Waals surface area contributed by atoms with Gasteiger partial charge in [0.25, 0.3) is 0 Å². The molecular formula is C37H66O15. The van der Waals surface area contributed by atoms with Gasteiger partial charge in [-0.3, -0.25) is 19.2 Å². The number of hydrogen-bond donors (Lipinski definition) is 5. The van der Waals surface area contributed by atoms with Crippen molar-refractivity contribution in [1.82, 2.24) is 0 Å². The number of hydrogen-bond acceptors (Lipinski definition) is 15. The first kappa shape index (κ1) is 45.8. The van der Waals surface area contributed by atoms with Crippen LogP contribution in [0.15, 0.2) is 0 Å². The number of carbonyl (C=O) groups excluding carboxylic acids is 4. The monoisotopic (exact) mass is 751 g/mol. The predicted molar refractivity (Wildman–Crippen MR) is 187 cm³/mol. The number of esters is 4. The molecule has 15 nitrogen and oxygen atoms in total. The highest BCUT2D eigenvalue weighted by Gasteiger charge is 2.54. The normalized spacial score (nSPS) is 23.4. The average Bonchev–Trinajstić information content (AvgIpc) is 3.13. The third-order valence-corrected chi connectivity index (χ3v) is 8.61. The van der Waals surface area contributed by atoms with Crippen LogP contribution in [0.2, 0.25) is 0 Å². The van der Waals surface area contributed by atoms with E-state index < -0.39 is 98.8 Å². The lowest BCUT2D eigenvalue weighted by atomic mass is 9.97. The molecule has 10 atom stereocenters. The number of aliphatic hydroxyl groups is 5. The van der Waals surface area contributed by atoms with E-state index in [1.165, 1.54) is 0 Å². The Morgan fingerprint density at radius 3 is 1.63 bits per heavy atom. The van der Waals surface area contributed by atoms with Crippen LogP contribution in [0.4, 0.5) is 0 Å². The van der Waals surface area contributed by atoms with Crippen LogP contribution in [0, 0.1) is 0 Å². The molecule has 1 fully saturated rings. The standard InChI is InChI=1S/C37H66O15/c1-5-9-13-14-18-22-30(43)51-35-34(50-29(42)21-17-12-8-4)33(49-28(41)20-16-11-7-3)26(24-47-27(40)19-15-10-6-2)48-37(35)52-36(46)32(45)31(44)25(39)23-38/h25-26,31-39,44-46H,5-24H2,1-4H3/t25-,26+,31-,32-,33+,34-,35-,36?,37?/m0/s1/i22D/t22?,25-,26+,31-,32-,33+,34-,35-,36?,37?. The van der Waals surface area contributed by atoms with E-state index >= 15 is 0 Å². The maximum Gasteiger partial charge on any atom is 0.306 e. The average molecular weight is 752 g/mol. The highest BCUT2D eigenvalue weighted by Crippen LogP contribution is 2.32. The quantitative estimate of drug-likeness (QED) is 0.0319. The molecule has 0 aromatic heterocycles. The molecule has 3 unspecified atom stereocenters. The minimum Gasteiger partial charge on any atom is -0.463 e. The Balaban J connectivity index is 3.67. The molecular weight excluding hydrogens is 684 g/mol. The van der Waals surface area contributed by atoms with Crippen molar-refractivity contribution in [3.63, 3.8) is 0 Å². The molecule has 1 aliphatic rings. The number of ether oxygens (including phenoxy) is 6. The maximum absolute atomic E-state index is 13.4. The van der Waals surface area contributed by atoms with Crippen LogP contribution in [0.1, 0.15) is 145 Å². The highest BCUT2D eigenvalue weighted by molar-refractivity contribution is 5.72. The van der Waals surface area contributed by atoms with Gasteiger partial charge in [-0.05, 0) is 25.7 Å². The molecule has 5 N–H and O–H groups in total. The summed E-state index contributed by atoms with van der Waals surface area (Å²) in [7, 11) is 0. The van der Waals surface area contributed by atoms with Gasteiger partial charge in [-0.15, -0.1) is 0 Å². The van der Waals surface area contributed by atoms with Gasteiger partial charge in [0.05, 0.1) is 6.61 Å². The first-order valence-corrected chi connectivity index (χ1v) is 19.2. The maximum atomic E-state index is 13.4. The van der Waals surface area contributed by atoms with Crippen molar-refractivity contribution in [2.24, 2.45) is 0 Å². The van der Waals surface area contributed by atoms with E-state index in [1.807, 2.05) is 27.7 Å². The van der Waals surface area contributed by atoms with Gasteiger partial charge in [0.2, 0.25) is 6.29 Å². The first-order chi connectivity index (χ1) is 25.3. The van der Waals surface area contributed by atoms with Crippen LogP contribution in [0.25, 0.3) is 0 Å². The van der Waals surface area contributed by atoms with Gasteiger partial charge in [0, 0.05) is 27.0 Å². The van der Waals surface area contributed by atoms with Gasteiger partial charge in [0.15, 0.2) is 24.6 Å². The summed E-state index contributed by atoms with van der Waals surface area (Å²) in [5.41, 5.74) is 0. The highest BCUT2D eigenvalue weighted by atomic mass is 16.8. The van der Waals surface area contributed by atoms with Crippen LogP contribution in [0.5, 0.6) is 0 Å². The summed E-state index contributed by atoms with van der Waals surface area (Å²) in [6, 6.07) is 0. The number of unbranched alkanes of at least 4 members (excludes halogenated alkanes) is 9. The zero-order valence-electron chi connectivity index (χ0n) is 32.5. The molecule has 304 valence electrons. The molecule has 1 rings (SSSR count). The summed E-state index contributed by atoms with van der Waals surface area (Å²) < 4.78 is 42.9. The second-order valence-corrected chi connectivity index (χ2v) is 13.2. The molecule has 0 amide bonds. The minimum atomic E-state index is -2.36. The number of rotatable bonds is 29. The van der Waals surface area contributed by atoms with Crippen molar-refractivity contribution >= 4 is 23.9 Å². The molecule has 52 heavy (non-hydrogen) atoms. The van der Waals surface area contributed by atoms with E-state index in [9.17, 15) is 44.7 Å². The summed E-state index contributed by atoms with van der Waals surface area (Å²) in [4.78, 5) is 52.5. The molecule has 1 aliphatic heterocycles. The zero-order valence-corrected chi connectivity index (χ0v) is 31.5. The molecule has 0 spiro atoms. The summed E-state index contributed by atoms with van der Waals surface area (Å²) in [6.45, 7) is 6.36. The smallest absolute Gasteiger partial charge is 0.306 e. The second-order valence-electron chi connectivity index (χ2n) is 13.2. The van der Waals surface area contributed by atoms with E-state index in [1.54, 1.807) is 0 Å². The van der Waals surface area contributed by atoms with Gasteiger partial charge in [0.1, 0.15) is 31.0 Å². The number of carbonyl (C=O) groups is 4. The minimum absolute atomic E-state index is 0.0159. The Bertz CT molecular complexity index is 1030. The molecule has 0 radical (unpaired) electrons. The fraction of sp³-hybridized carbons (Fsp3) is 0.892. The summed E-state index contributed by atoms with van der Waals surface area (Å²) in [6.07, 6.45) is -8.88. The molecule has 0 bridgehead atoms. The van der Waals surface area contributed by atoms with Crippen LogP contribution < -0.4 is 0 Å². The van der Waals surface area contributed by atoms with E-state index in [2.05, 4.69) is 0 Å². The summed E-state index contributed by atoms with van der Waals surface area (Å²) in [5, 5.41) is 50.7. The van der Waals surface area contributed by atoms with Crippen LogP contribution in [0.3, 0.4) is 0 Å². The fourth-order valence-electron chi connectivity index (χ4n) is 5.45. The van der Waals surface area contributed by atoms with E-state index in [0.717, 1.165) is 51.4 Å². The first-order valence-electron chi connectivity index (χ1n) is 19.7. The Morgan fingerprint density at radius 1 is 0.615 bits per heavy atom. The van der Waals surface area contributed by atoms with E-state index in [0.29, 0.717) is 32.1 Å². The van der Waals surface area contributed by atoms with Gasteiger partial charge in [-0.2, -0.15) is 0 Å². The zero-order chi connectivity index (χ0) is 39.8. The molecule has 0 saturated carbocycles. The lowest BCUT2D eigenvalue weighted by molar-refractivity contribution is -0.349. The largest absolute Gasteiger partial charge is 0.463 e. The topological polar surface area (TPSA) is 225 Å². The van der Waals surface area contributed by atoms with Gasteiger partial charge < -0.3 is 54.0 Å². The Kier molecular flexibility index (Phi) is 24.7. The molecule has 0 aliphatic carbocycles. The molecule has 0 aromatic rings. The third kappa shape index (κ3) is 18.6. The molecule has 1 saturated heterocycles. The molecule has 1 heterocycles. The Hall–Kier alpha value is -2.40. The van der Waals surface area contributed by atoms with Crippen molar-refractivity contribution in [3.8, 4) is 0 Å². The molecule has 15 heteroatoms. The lowest BCUT2D eigenvalue weighted by Crippen LogP contribution is -2.64. The lowest BCUT2D eigenvalue weighted by Gasteiger charge is -2.45. The van der Waals surface area contributed by atoms with Crippen molar-refractivity contribution in [2.45, 2.75) is 199 Å². The van der Waals surface area contributed by atoms with Crippen LogP contribution >= 0.6 is 0 Å². The van der Waals surface area contributed by atoms with E-state index in [4.69, 9.17) is 29.8 Å². The van der Waals surface area contributed by atoms with Crippen molar-refractivity contribution < 1.29 is 74.5 Å². The second kappa shape index (κ2) is 28.1. The van der Waals surface area contributed by atoms with Gasteiger partial charge in [-0.1, -0.05) is 91.9 Å². The Morgan fingerprint density at radius 2 is 1.10 bits per heavy atom. The van der Waals surface area contributed by atoms with Crippen LogP contribution in [-0.4, -0.2) is 118 Å². The molecule has 0 aromatic carbocycles. The summed E-state index contributed by atoms with van der Waals surface area (Å²) in [5.74, 6) is -3.11. The van der Waals surface area contributed by atoms with Crippen molar-refractivity contribution in [3.05, 3.63) is 0 Å². The number of aliphatic hydroxyl groups excluding tert-OH is 5. The SMILES string of the molecule is [2H]C(CCCCCC)C(=O)O[C@@H]1C(OC(O)[C@@H](O)[C@@H](O)[C@@H](O)CO)O[C@H](COC(=O)CCCCC)[C@@H](OC(=O)CCCCC)[C@@H]1OC(=O)CCCCC. The third-order valence-electron chi connectivity index (χ3n) is 8.61. The predicted octanol–water partition coefficient (Wildman–Crippen LogP) is 3.50. The van der Waals surface area contributed by atoms with Gasteiger partial charge in [-0.25, -0.2) is 0 Å². The van der Waals surface area contributed by atoms with Crippen LogP contribution in [-0.2, 0) is 47.6 Å². The Labute approximate surface area is 310 Å².